The molecular formula is C27H40N6O5S. The number of nitrogens with one attached hydrogen (secondary N) is 2. The smallest absolute Gasteiger partial charge is 0.224 e. The van der Waals surface area contributed by atoms with E-state index in [1.807, 2.05) is 38.1 Å². The number of para-hydroxylation sites is 1. The molecule has 2 aliphatic rings. The zero-order chi connectivity index (χ0) is 28.5. The number of piperidine rings is 1. The quantitative estimate of drug-likeness (QED) is 0.304. The first-order valence-electron chi connectivity index (χ1n) is 13.3. The average molecular weight is 561 g/mol. The van der Waals surface area contributed by atoms with E-state index in [1.165, 1.54) is 10.6 Å². The van der Waals surface area contributed by atoms with Crippen molar-refractivity contribution in [3.8, 4) is 0 Å². The number of aliphatic imine (C=N–C) groups is 1. The van der Waals surface area contributed by atoms with Gasteiger partial charge in [0, 0.05) is 31.2 Å². The monoisotopic (exact) mass is 560 g/mol. The Balaban J connectivity index is 1.61. The van der Waals surface area contributed by atoms with Gasteiger partial charge in [-0.25, -0.2) is 17.7 Å². The van der Waals surface area contributed by atoms with Gasteiger partial charge in [-0.2, -0.15) is 4.98 Å². The van der Waals surface area contributed by atoms with Gasteiger partial charge < -0.3 is 26.0 Å². The fourth-order valence-electron chi connectivity index (χ4n) is 5.32. The number of hydrogen-bond donors (Lipinski definition) is 5. The normalized spacial score (nSPS) is 25.6. The highest BCUT2D eigenvalue weighted by atomic mass is 32.2. The van der Waals surface area contributed by atoms with E-state index in [0.29, 0.717) is 55.4 Å². The molecular weight excluding hydrogens is 520 g/mol. The topological polar surface area (TPSA) is 160 Å². The van der Waals surface area contributed by atoms with Crippen molar-refractivity contribution in [2.45, 2.75) is 76.9 Å². The van der Waals surface area contributed by atoms with Crippen LogP contribution >= 0.6 is 0 Å². The average Bonchev–Trinajstić information content (AvgIpc) is 3.14. The summed E-state index contributed by atoms with van der Waals surface area (Å²) in [5.41, 5.74) is 1.99. The van der Waals surface area contributed by atoms with Gasteiger partial charge >= 0.3 is 0 Å². The fourth-order valence-corrected chi connectivity index (χ4v) is 6.20. The summed E-state index contributed by atoms with van der Waals surface area (Å²) in [6.07, 6.45) is 2.28. The van der Waals surface area contributed by atoms with Crippen LogP contribution in [0.1, 0.15) is 51.2 Å². The van der Waals surface area contributed by atoms with Crippen LogP contribution in [0.15, 0.2) is 35.5 Å². The molecule has 11 nitrogen and oxygen atoms in total. The Bertz CT molecular complexity index is 1300. The van der Waals surface area contributed by atoms with Crippen LogP contribution in [0.4, 0.5) is 17.5 Å². The maximum Gasteiger partial charge on any atom is 0.224 e. The summed E-state index contributed by atoms with van der Waals surface area (Å²) in [5.74, 6) is 0.299. The van der Waals surface area contributed by atoms with Crippen molar-refractivity contribution in [3.05, 3.63) is 41.6 Å². The van der Waals surface area contributed by atoms with Crippen LogP contribution in [0, 0.1) is 12.8 Å². The molecule has 1 aromatic carbocycles. The Morgan fingerprint density at radius 3 is 2.38 bits per heavy atom. The fraction of sp³-hybridized carbons (Fsp3) is 0.593. The lowest BCUT2D eigenvalue weighted by molar-refractivity contribution is -0.0601. The largest absolute Gasteiger partial charge is 0.390 e. The molecule has 0 unspecified atom stereocenters. The number of sulfonamides is 1. The van der Waals surface area contributed by atoms with Crippen LogP contribution < -0.4 is 10.6 Å². The second kappa shape index (κ2) is 11.5. The van der Waals surface area contributed by atoms with Gasteiger partial charge in [-0.15, -0.1) is 0 Å². The van der Waals surface area contributed by atoms with Gasteiger partial charge in [0.1, 0.15) is 11.9 Å². The zero-order valence-corrected chi connectivity index (χ0v) is 24.0. The Labute approximate surface area is 230 Å². The molecule has 1 aromatic heterocycles. The van der Waals surface area contributed by atoms with Gasteiger partial charge in [0.25, 0.3) is 0 Å². The lowest BCUT2D eigenvalue weighted by Crippen LogP contribution is -2.42. The Morgan fingerprint density at radius 1 is 1.13 bits per heavy atom. The first-order chi connectivity index (χ1) is 18.2. The minimum absolute atomic E-state index is 0.00175. The molecule has 4 rings (SSSR count). The molecule has 1 saturated heterocycles. The van der Waals surface area contributed by atoms with E-state index >= 15 is 0 Å². The molecule has 1 aliphatic carbocycles. The number of nitrogens with zero attached hydrogens (tertiary/aromatic N) is 4. The predicted molar refractivity (Wildman–Crippen MR) is 152 cm³/mol. The summed E-state index contributed by atoms with van der Waals surface area (Å²) in [7, 11) is -3.22. The van der Waals surface area contributed by atoms with Crippen molar-refractivity contribution < 1.29 is 23.7 Å². The van der Waals surface area contributed by atoms with Gasteiger partial charge in [0.05, 0.1) is 41.0 Å². The molecule has 5 N–H and O–H groups in total. The van der Waals surface area contributed by atoms with Gasteiger partial charge in [-0.05, 0) is 58.6 Å². The van der Waals surface area contributed by atoms with Crippen molar-refractivity contribution in [2.75, 3.05) is 30.0 Å². The third kappa shape index (κ3) is 6.93. The first kappa shape index (κ1) is 29.3. The molecule has 0 spiro atoms. The first-order valence-corrected chi connectivity index (χ1v) is 15.1. The van der Waals surface area contributed by atoms with Crippen LogP contribution in [0.2, 0.25) is 0 Å². The zero-order valence-electron chi connectivity index (χ0n) is 23.2. The summed E-state index contributed by atoms with van der Waals surface area (Å²) < 4.78 is 25.2. The summed E-state index contributed by atoms with van der Waals surface area (Å²) in [6, 6.07) is 7.23. The number of aliphatic hydroxyl groups is 3. The Hall–Kier alpha value is -2.64. The second-order valence-electron chi connectivity index (χ2n) is 11.2. The van der Waals surface area contributed by atoms with Crippen molar-refractivity contribution in [1.29, 1.82) is 0 Å². The number of aliphatic hydroxyl groups excluding tert-OH is 2. The maximum absolute atomic E-state index is 11.9. The van der Waals surface area contributed by atoms with Crippen LogP contribution in [0.3, 0.4) is 0 Å². The van der Waals surface area contributed by atoms with Gasteiger partial charge in [-0.1, -0.05) is 18.2 Å². The minimum Gasteiger partial charge on any atom is -0.390 e. The summed E-state index contributed by atoms with van der Waals surface area (Å²) in [6.45, 7) is 7.95. The number of benzene rings is 1. The van der Waals surface area contributed by atoms with Crippen molar-refractivity contribution >= 4 is 33.2 Å². The van der Waals surface area contributed by atoms with E-state index in [-0.39, 0.29) is 6.04 Å². The molecule has 1 aliphatic heterocycles. The van der Waals surface area contributed by atoms with E-state index in [0.717, 1.165) is 11.3 Å². The highest BCUT2D eigenvalue weighted by Crippen LogP contribution is 2.36. The summed E-state index contributed by atoms with van der Waals surface area (Å²) >= 11 is 0. The third-order valence-corrected chi connectivity index (χ3v) is 9.05. The molecule has 1 saturated carbocycles. The van der Waals surface area contributed by atoms with Gasteiger partial charge in [0.15, 0.2) is 0 Å². The molecule has 214 valence electrons. The van der Waals surface area contributed by atoms with Crippen LogP contribution in [-0.4, -0.2) is 93.0 Å². The Kier molecular flexibility index (Phi) is 8.62. The molecule has 12 heteroatoms. The van der Waals surface area contributed by atoms with Crippen molar-refractivity contribution in [1.82, 2.24) is 14.3 Å². The minimum atomic E-state index is -3.22. The number of hydrogen-bond acceptors (Lipinski definition) is 10. The number of aromatic nitrogens is 2. The number of rotatable bonds is 8. The maximum atomic E-state index is 11.9. The molecule has 0 bridgehead atoms. The van der Waals surface area contributed by atoms with E-state index in [1.54, 1.807) is 20.0 Å². The summed E-state index contributed by atoms with van der Waals surface area (Å²) in [5, 5.41) is 38.6. The highest BCUT2D eigenvalue weighted by Gasteiger charge is 2.47. The second-order valence-corrected chi connectivity index (χ2v) is 13.2. The lowest BCUT2D eigenvalue weighted by Gasteiger charge is -2.30. The Morgan fingerprint density at radius 2 is 1.79 bits per heavy atom. The summed E-state index contributed by atoms with van der Waals surface area (Å²) in [4.78, 5) is 14.0. The molecule has 2 heterocycles. The lowest BCUT2D eigenvalue weighted by atomic mass is 9.88. The molecule has 2 aromatic rings. The predicted octanol–water partition coefficient (Wildman–Crippen LogP) is 2.05. The van der Waals surface area contributed by atoms with Crippen molar-refractivity contribution in [2.24, 2.45) is 10.9 Å². The molecule has 39 heavy (non-hydrogen) atoms. The standard InChI is InChI=1S/C27H40N6O5S/c1-16-8-6-7-9-21(16)29-17(2)19-15-28-26(30-18-10-12-33(13-11-18)39(5,37)38)32-25(19)31-22-14-20(27(3,4)36)23(34)24(22)35/h6-9,15,18,20,22-24,34-36H,10-14H2,1-5H3,(H2,28,30,31,32)/t20-,22+,23+,24-/m0/s1. The molecule has 0 radical (unpaired) electrons. The van der Waals surface area contributed by atoms with E-state index in [2.05, 4.69) is 15.6 Å². The molecule has 2 fully saturated rings. The van der Waals surface area contributed by atoms with Crippen LogP contribution in [-0.2, 0) is 10.0 Å². The molecule has 0 amide bonds. The van der Waals surface area contributed by atoms with Crippen LogP contribution in [0.25, 0.3) is 0 Å². The van der Waals surface area contributed by atoms with Crippen LogP contribution in [0.5, 0.6) is 0 Å². The molecule has 4 atom stereocenters. The highest BCUT2D eigenvalue weighted by molar-refractivity contribution is 7.88. The number of anilines is 2. The van der Waals surface area contributed by atoms with E-state index in [4.69, 9.17) is 9.98 Å². The van der Waals surface area contributed by atoms with Gasteiger partial charge in [-0.3, -0.25) is 4.99 Å². The van der Waals surface area contributed by atoms with E-state index < -0.39 is 39.8 Å². The van der Waals surface area contributed by atoms with Gasteiger partial charge in [0.2, 0.25) is 16.0 Å². The van der Waals surface area contributed by atoms with Crippen molar-refractivity contribution in [3.63, 3.8) is 0 Å². The number of aryl methyl sites for hydroxylation is 1. The third-order valence-electron chi connectivity index (χ3n) is 7.75. The van der Waals surface area contributed by atoms with E-state index in [9.17, 15) is 23.7 Å². The SMILES string of the molecule is CC(=Nc1ccccc1C)c1cnc(NC2CCN(S(C)(=O)=O)CC2)nc1N[C@@H]1C[C@H](C(C)(C)O)[C@@H](O)[C@H]1O.